The number of nitrogens with one attached hydrogen (secondary N) is 1. The minimum atomic E-state index is 0.0937. The molecule has 0 unspecified atom stereocenters. The van der Waals surface area contributed by atoms with E-state index in [1.165, 1.54) is 0 Å². The number of hydrogen-bond acceptors (Lipinski definition) is 2. The largest absolute Gasteiger partial charge is 0.344 e. The van der Waals surface area contributed by atoms with Crippen LogP contribution in [0.2, 0.25) is 0 Å². The molecule has 0 spiro atoms. The fraction of sp³-hybridized carbons (Fsp3) is 0.444. The fourth-order valence-electron chi connectivity index (χ4n) is 0.910. The number of aromatic nitrogens is 1. The Labute approximate surface area is 78.1 Å². The third-order valence-electron chi connectivity index (χ3n) is 1.92. The summed E-state index contributed by atoms with van der Waals surface area (Å²) < 4.78 is 1.77. The van der Waals surface area contributed by atoms with E-state index in [2.05, 4.69) is 5.43 Å². The van der Waals surface area contributed by atoms with Crippen LogP contribution in [0.15, 0.2) is 24.5 Å². The number of hydrogen-bond donors (Lipinski definition) is 1. The molecule has 1 rings (SSSR count). The fourth-order valence-corrected chi connectivity index (χ4v) is 0.910. The van der Waals surface area contributed by atoms with Crippen LogP contribution >= 0.6 is 0 Å². The molecule has 0 radical (unpaired) electrons. The maximum atomic E-state index is 11.3. The molecule has 0 fully saturated rings. The van der Waals surface area contributed by atoms with Gasteiger partial charge in [0, 0.05) is 26.0 Å². The summed E-state index contributed by atoms with van der Waals surface area (Å²) in [6.45, 7) is 3.03. The van der Waals surface area contributed by atoms with E-state index >= 15 is 0 Å². The first-order valence-corrected chi connectivity index (χ1v) is 4.35. The third kappa shape index (κ3) is 2.82. The maximum Gasteiger partial charge on any atom is 0.243 e. The molecule has 1 N–H and O–H groups in total. The Morgan fingerprint density at radius 2 is 2.08 bits per heavy atom. The van der Waals surface area contributed by atoms with E-state index in [1.54, 1.807) is 16.6 Å². The highest BCUT2D eigenvalue weighted by Crippen LogP contribution is 1.86. The van der Waals surface area contributed by atoms with Gasteiger partial charge in [-0.1, -0.05) is 0 Å². The predicted octanol–water partition coefficient (Wildman–Crippen LogP) is 0.510. The Hall–Kier alpha value is -1.45. The highest BCUT2D eigenvalue weighted by Gasteiger charge is 2.04. The van der Waals surface area contributed by atoms with E-state index in [9.17, 15) is 4.79 Å². The van der Waals surface area contributed by atoms with Gasteiger partial charge in [0.05, 0.1) is 0 Å². The van der Waals surface area contributed by atoms with Gasteiger partial charge >= 0.3 is 0 Å². The number of nitrogens with zero attached hydrogens (tertiary/aromatic N) is 2. The van der Waals surface area contributed by atoms with Gasteiger partial charge in [-0.05, 0) is 19.1 Å². The lowest BCUT2D eigenvalue weighted by Crippen LogP contribution is -2.34. The van der Waals surface area contributed by atoms with E-state index in [-0.39, 0.29) is 5.91 Å². The Morgan fingerprint density at radius 1 is 1.46 bits per heavy atom. The lowest BCUT2D eigenvalue weighted by molar-refractivity contribution is -0.127. The summed E-state index contributed by atoms with van der Waals surface area (Å²) in [6.07, 6.45) is 3.72. The smallest absolute Gasteiger partial charge is 0.243 e. The van der Waals surface area contributed by atoms with E-state index < -0.39 is 0 Å². The van der Waals surface area contributed by atoms with Gasteiger partial charge in [-0.15, -0.1) is 0 Å². The molecule has 0 aliphatic carbocycles. The highest BCUT2D eigenvalue weighted by molar-refractivity contribution is 5.78. The lowest BCUT2D eigenvalue weighted by Gasteiger charge is -2.15. The average Bonchev–Trinajstić information content (AvgIpc) is 2.65. The van der Waals surface area contributed by atoms with Crippen LogP contribution in [-0.4, -0.2) is 35.6 Å². The van der Waals surface area contributed by atoms with Crippen LogP contribution in [0, 0.1) is 0 Å². The Bertz CT molecular complexity index is 256. The third-order valence-corrected chi connectivity index (χ3v) is 1.92. The SMILES string of the molecule is CCN(C)C(=O)CNn1cccc1. The monoisotopic (exact) mass is 181 g/mol. The quantitative estimate of drug-likeness (QED) is 0.735. The van der Waals surface area contributed by atoms with E-state index in [0.29, 0.717) is 6.54 Å². The molecule has 1 amide bonds. The van der Waals surface area contributed by atoms with Crippen LogP contribution in [0.5, 0.6) is 0 Å². The van der Waals surface area contributed by atoms with Crippen LogP contribution in [-0.2, 0) is 4.79 Å². The first kappa shape index (κ1) is 9.64. The van der Waals surface area contributed by atoms with Gasteiger partial charge in [-0.2, -0.15) is 0 Å². The van der Waals surface area contributed by atoms with Gasteiger partial charge in [-0.25, -0.2) is 0 Å². The number of carbonyl (C=O) groups is 1. The first-order chi connectivity index (χ1) is 6.24. The molecule has 1 aromatic rings. The Balaban J connectivity index is 2.31. The van der Waals surface area contributed by atoms with Crippen molar-refractivity contribution in [2.45, 2.75) is 6.92 Å². The van der Waals surface area contributed by atoms with E-state index in [1.807, 2.05) is 31.5 Å². The van der Waals surface area contributed by atoms with Crippen molar-refractivity contribution in [3.05, 3.63) is 24.5 Å². The first-order valence-electron chi connectivity index (χ1n) is 4.35. The van der Waals surface area contributed by atoms with Crippen LogP contribution in [0.1, 0.15) is 6.92 Å². The summed E-state index contributed by atoms with van der Waals surface area (Å²) in [5.41, 5.74) is 2.97. The molecule has 0 aliphatic rings. The Kier molecular flexibility index (Phi) is 3.37. The van der Waals surface area contributed by atoms with E-state index in [0.717, 1.165) is 6.54 Å². The second kappa shape index (κ2) is 4.54. The second-order valence-electron chi connectivity index (χ2n) is 2.83. The van der Waals surface area contributed by atoms with Crippen molar-refractivity contribution in [2.75, 3.05) is 25.6 Å². The zero-order valence-electron chi connectivity index (χ0n) is 8.03. The average molecular weight is 181 g/mol. The van der Waals surface area contributed by atoms with Crippen LogP contribution < -0.4 is 5.43 Å². The van der Waals surface area contributed by atoms with Crippen molar-refractivity contribution in [3.63, 3.8) is 0 Å². The summed E-state index contributed by atoms with van der Waals surface area (Å²) in [5.74, 6) is 0.0937. The molecular weight excluding hydrogens is 166 g/mol. The molecule has 1 heterocycles. The summed E-state index contributed by atoms with van der Waals surface area (Å²) in [7, 11) is 1.79. The summed E-state index contributed by atoms with van der Waals surface area (Å²) in [5, 5.41) is 0. The minimum absolute atomic E-state index is 0.0937. The highest BCUT2D eigenvalue weighted by atomic mass is 16.2. The molecule has 1 aromatic heterocycles. The van der Waals surface area contributed by atoms with Crippen LogP contribution in [0.4, 0.5) is 0 Å². The molecular formula is C9H15N3O. The topological polar surface area (TPSA) is 37.3 Å². The van der Waals surface area contributed by atoms with Crippen molar-refractivity contribution in [1.82, 2.24) is 9.58 Å². The number of carbonyl (C=O) groups excluding carboxylic acids is 1. The summed E-state index contributed by atoms with van der Waals surface area (Å²) in [6, 6.07) is 3.81. The molecule has 0 saturated heterocycles. The molecule has 13 heavy (non-hydrogen) atoms. The number of likely N-dealkylation sites (N-methyl/N-ethyl adjacent to an activating group) is 1. The zero-order chi connectivity index (χ0) is 9.68. The number of rotatable bonds is 4. The van der Waals surface area contributed by atoms with Crippen molar-refractivity contribution in [2.24, 2.45) is 0 Å². The maximum absolute atomic E-state index is 11.3. The van der Waals surface area contributed by atoms with E-state index in [4.69, 9.17) is 0 Å². The van der Waals surface area contributed by atoms with Gasteiger partial charge < -0.3 is 10.3 Å². The number of amides is 1. The van der Waals surface area contributed by atoms with Crippen molar-refractivity contribution in [3.8, 4) is 0 Å². The molecule has 0 bridgehead atoms. The van der Waals surface area contributed by atoms with Gasteiger partial charge in [0.2, 0.25) is 5.91 Å². The predicted molar refractivity (Wildman–Crippen MR) is 52.0 cm³/mol. The minimum Gasteiger partial charge on any atom is -0.344 e. The van der Waals surface area contributed by atoms with Gasteiger partial charge in [0.15, 0.2) is 0 Å². The van der Waals surface area contributed by atoms with Crippen LogP contribution in [0.3, 0.4) is 0 Å². The van der Waals surface area contributed by atoms with Crippen molar-refractivity contribution < 1.29 is 4.79 Å². The van der Waals surface area contributed by atoms with Gasteiger partial charge in [0.25, 0.3) is 0 Å². The Morgan fingerprint density at radius 3 is 2.62 bits per heavy atom. The summed E-state index contributed by atoms with van der Waals surface area (Å²) in [4.78, 5) is 13.0. The van der Waals surface area contributed by atoms with Gasteiger partial charge in [0.1, 0.15) is 6.54 Å². The van der Waals surface area contributed by atoms with Crippen molar-refractivity contribution >= 4 is 5.91 Å². The molecule has 0 aromatic carbocycles. The standard InChI is InChI=1S/C9H15N3O/c1-3-11(2)9(13)8-10-12-6-4-5-7-12/h4-7,10H,3,8H2,1-2H3. The lowest BCUT2D eigenvalue weighted by atomic mass is 10.5. The summed E-state index contributed by atoms with van der Waals surface area (Å²) >= 11 is 0. The molecule has 72 valence electrons. The molecule has 0 saturated carbocycles. The normalized spacial score (nSPS) is 9.69. The van der Waals surface area contributed by atoms with Crippen molar-refractivity contribution in [1.29, 1.82) is 0 Å². The zero-order valence-corrected chi connectivity index (χ0v) is 8.03. The molecule has 0 atom stereocenters. The van der Waals surface area contributed by atoms with Crippen LogP contribution in [0.25, 0.3) is 0 Å². The molecule has 0 aliphatic heterocycles. The van der Waals surface area contributed by atoms with Gasteiger partial charge in [-0.3, -0.25) is 9.47 Å². The second-order valence-corrected chi connectivity index (χ2v) is 2.83. The molecule has 4 nitrogen and oxygen atoms in total. The molecule has 4 heteroatoms.